The van der Waals surface area contributed by atoms with Gasteiger partial charge in [0.25, 0.3) is 6.71 Å². The molecule has 0 aromatic heterocycles. The fourth-order valence-electron chi connectivity index (χ4n) is 10.8. The lowest BCUT2D eigenvalue weighted by Crippen LogP contribution is -2.61. The van der Waals surface area contributed by atoms with Gasteiger partial charge in [-0.05, 0) is 159 Å². The van der Waals surface area contributed by atoms with Gasteiger partial charge in [-0.1, -0.05) is 204 Å². The zero-order valence-electron chi connectivity index (χ0n) is 42.7. The average Bonchev–Trinajstić information content (AvgIpc) is 3.31. The second-order valence-electron chi connectivity index (χ2n) is 24.0. The zero-order valence-corrected chi connectivity index (χ0v) is 42.7. The summed E-state index contributed by atoms with van der Waals surface area (Å²) in [7, 11) is 0. The molecule has 2 aliphatic heterocycles. The molecule has 0 amide bonds. The van der Waals surface area contributed by atoms with E-state index in [0.29, 0.717) is 0 Å². The van der Waals surface area contributed by atoms with Gasteiger partial charge in [-0.25, -0.2) is 0 Å². The number of anilines is 6. The van der Waals surface area contributed by atoms with E-state index in [1.807, 2.05) is 0 Å². The van der Waals surface area contributed by atoms with Gasteiger partial charge in [0.15, 0.2) is 0 Å². The molecule has 11 rings (SSSR count). The lowest BCUT2D eigenvalue weighted by molar-refractivity contribution is 0.568. The third kappa shape index (κ3) is 7.85. The molecule has 0 unspecified atom stereocenters. The number of hydrogen-bond donors (Lipinski definition) is 0. The minimum atomic E-state index is -0.0701. The van der Waals surface area contributed by atoms with Crippen LogP contribution in [0.15, 0.2) is 176 Å². The van der Waals surface area contributed by atoms with Gasteiger partial charge in [0.05, 0.1) is 0 Å². The summed E-state index contributed by atoms with van der Waals surface area (Å²) in [4.78, 5) is 5.28. The molecule has 0 saturated carbocycles. The van der Waals surface area contributed by atoms with Crippen molar-refractivity contribution >= 4 is 78.8 Å². The first-order chi connectivity index (χ1) is 32.7. The van der Waals surface area contributed by atoms with E-state index >= 15 is 0 Å². The van der Waals surface area contributed by atoms with Gasteiger partial charge in [0.1, 0.15) is 0 Å². The maximum absolute atomic E-state index is 2.64. The van der Waals surface area contributed by atoms with Crippen LogP contribution in [0.2, 0.25) is 0 Å². The van der Waals surface area contributed by atoms with Crippen molar-refractivity contribution in [1.82, 2.24) is 0 Å². The Kier molecular flexibility index (Phi) is 10.3. The molecule has 0 spiro atoms. The molecule has 342 valence electrons. The minimum Gasteiger partial charge on any atom is -0.311 e. The quantitative estimate of drug-likeness (QED) is 0.162. The molecule has 9 aromatic carbocycles. The van der Waals surface area contributed by atoms with E-state index in [2.05, 4.69) is 269 Å². The number of rotatable bonds is 4. The van der Waals surface area contributed by atoms with Crippen molar-refractivity contribution in [2.75, 3.05) is 9.80 Å². The van der Waals surface area contributed by atoms with Crippen LogP contribution < -0.4 is 26.2 Å². The van der Waals surface area contributed by atoms with Gasteiger partial charge in [-0.2, -0.15) is 0 Å². The number of benzene rings is 9. The molecule has 3 heteroatoms. The Morgan fingerprint density at radius 2 is 0.638 bits per heavy atom. The number of fused-ring (bicyclic) bond motifs is 6. The average molecular weight is 897 g/mol. The lowest BCUT2D eigenvalue weighted by atomic mass is 9.33. The molecule has 0 fully saturated rings. The smallest absolute Gasteiger partial charge is 0.252 e. The highest BCUT2D eigenvalue weighted by atomic mass is 15.2. The summed E-state index contributed by atoms with van der Waals surface area (Å²) in [5, 5.41) is 4.99. The monoisotopic (exact) mass is 897 g/mol. The Labute approximate surface area is 411 Å². The van der Waals surface area contributed by atoms with E-state index in [9.17, 15) is 0 Å². The molecular weight excluding hydrogens is 832 g/mol. The Morgan fingerprint density at radius 3 is 1.03 bits per heavy atom. The van der Waals surface area contributed by atoms with Crippen LogP contribution in [0, 0.1) is 0 Å². The normalized spacial score (nSPS) is 13.7. The van der Waals surface area contributed by atoms with E-state index in [-0.39, 0.29) is 28.4 Å². The van der Waals surface area contributed by atoms with Gasteiger partial charge in [0.2, 0.25) is 0 Å². The van der Waals surface area contributed by atoms with E-state index in [4.69, 9.17) is 0 Å². The predicted molar refractivity (Wildman–Crippen MR) is 301 cm³/mol. The topological polar surface area (TPSA) is 6.48 Å². The molecule has 0 N–H and O–H groups in total. The summed E-state index contributed by atoms with van der Waals surface area (Å²) >= 11 is 0. The van der Waals surface area contributed by atoms with Crippen LogP contribution in [-0.4, -0.2) is 6.71 Å². The summed E-state index contributed by atoms with van der Waals surface area (Å²) in [5.41, 5.74) is 21.2. The van der Waals surface area contributed by atoms with Crippen molar-refractivity contribution < 1.29 is 0 Å². The standard InChI is InChI=1S/C66H65BN2/c1-63(2,3)50-36-51(64(4,5)6)39-54(38-50)68-58-32-47-25-18-16-23-45(47)30-56(58)67-57-31-46-24-17-19-26-48(46)33-59(57)69(55-40-52(65(7,8)9)37-53(41-55)66(10,11)12)61-35-49(34-60(68)62(61)67)44-28-20-27-43(29-44)42-21-14-13-15-22-42/h13-41H,1-12H3. The second-order valence-corrected chi connectivity index (χ2v) is 24.0. The SMILES string of the molecule is CC(C)(C)c1cc(N2c3cc4ccccc4cc3B3c4cc5ccccc5cc4N(c4cc(C(C)(C)C)cc(C(C)(C)C)c4)c4cc(-c5cccc(-c6ccccc6)c5)cc2c43)cc(C(C)(C)C)c1. The van der Waals surface area contributed by atoms with Gasteiger partial charge in [-0.15, -0.1) is 0 Å². The fourth-order valence-corrected chi connectivity index (χ4v) is 10.8. The minimum absolute atomic E-state index is 0.0350. The summed E-state index contributed by atoms with van der Waals surface area (Å²) in [6.07, 6.45) is 0. The first kappa shape index (κ1) is 44.7. The van der Waals surface area contributed by atoms with Crippen LogP contribution in [0.3, 0.4) is 0 Å². The molecule has 69 heavy (non-hydrogen) atoms. The third-order valence-electron chi connectivity index (χ3n) is 14.9. The van der Waals surface area contributed by atoms with Crippen LogP contribution in [0.5, 0.6) is 0 Å². The third-order valence-corrected chi connectivity index (χ3v) is 14.9. The summed E-state index contributed by atoms with van der Waals surface area (Å²) in [6, 6.07) is 67.7. The largest absolute Gasteiger partial charge is 0.311 e. The molecule has 0 atom stereocenters. The van der Waals surface area contributed by atoms with Gasteiger partial charge < -0.3 is 9.80 Å². The Morgan fingerprint density at radius 1 is 0.290 bits per heavy atom. The molecule has 2 aliphatic rings. The first-order valence-electron chi connectivity index (χ1n) is 25.0. The van der Waals surface area contributed by atoms with Crippen LogP contribution in [0.25, 0.3) is 43.8 Å². The van der Waals surface area contributed by atoms with E-state index in [1.165, 1.54) is 117 Å². The Balaban J connectivity index is 1.32. The van der Waals surface area contributed by atoms with Crippen molar-refractivity contribution in [1.29, 1.82) is 0 Å². The van der Waals surface area contributed by atoms with E-state index in [1.54, 1.807) is 0 Å². The van der Waals surface area contributed by atoms with Crippen LogP contribution >= 0.6 is 0 Å². The van der Waals surface area contributed by atoms with Crippen molar-refractivity contribution in [3.05, 3.63) is 198 Å². The first-order valence-corrected chi connectivity index (χ1v) is 25.0. The van der Waals surface area contributed by atoms with Crippen molar-refractivity contribution in [3.8, 4) is 22.3 Å². The Hall–Kier alpha value is -6.84. The molecule has 0 aliphatic carbocycles. The molecule has 0 saturated heterocycles. The van der Waals surface area contributed by atoms with Crippen molar-refractivity contribution in [2.24, 2.45) is 0 Å². The molecule has 9 aromatic rings. The Bertz CT molecular complexity index is 3240. The molecular formula is C66H65BN2. The maximum Gasteiger partial charge on any atom is 0.252 e. The highest BCUT2D eigenvalue weighted by Crippen LogP contribution is 2.49. The van der Waals surface area contributed by atoms with Crippen LogP contribution in [0.1, 0.15) is 105 Å². The molecule has 2 heterocycles. The number of hydrogen-bond acceptors (Lipinski definition) is 2. The van der Waals surface area contributed by atoms with E-state index < -0.39 is 0 Å². The van der Waals surface area contributed by atoms with Gasteiger partial charge in [-0.3, -0.25) is 0 Å². The second kappa shape index (κ2) is 15.9. The summed E-state index contributed by atoms with van der Waals surface area (Å²) in [6.45, 7) is 28.2. The summed E-state index contributed by atoms with van der Waals surface area (Å²) in [5.74, 6) is 0. The van der Waals surface area contributed by atoms with Gasteiger partial charge >= 0.3 is 0 Å². The molecule has 0 bridgehead atoms. The zero-order chi connectivity index (χ0) is 48.4. The summed E-state index contributed by atoms with van der Waals surface area (Å²) < 4.78 is 0. The maximum atomic E-state index is 2.64. The highest BCUT2D eigenvalue weighted by Gasteiger charge is 2.45. The number of nitrogens with zero attached hydrogens (tertiary/aromatic N) is 2. The lowest BCUT2D eigenvalue weighted by Gasteiger charge is -2.45. The molecule has 2 nitrogen and oxygen atoms in total. The van der Waals surface area contributed by atoms with Crippen molar-refractivity contribution in [2.45, 2.75) is 105 Å². The van der Waals surface area contributed by atoms with Crippen molar-refractivity contribution in [3.63, 3.8) is 0 Å². The predicted octanol–water partition coefficient (Wildman–Crippen LogP) is 16.6. The van der Waals surface area contributed by atoms with Crippen LogP contribution in [0.4, 0.5) is 34.1 Å². The highest BCUT2D eigenvalue weighted by molar-refractivity contribution is 7.00. The van der Waals surface area contributed by atoms with Gasteiger partial charge in [0, 0.05) is 34.1 Å². The fraction of sp³-hybridized carbons (Fsp3) is 0.242. The molecule has 0 radical (unpaired) electrons. The van der Waals surface area contributed by atoms with Crippen LogP contribution in [-0.2, 0) is 21.7 Å². The van der Waals surface area contributed by atoms with E-state index in [0.717, 1.165) is 0 Å².